The standard InChI is InChI=1S/C26H26FN3O2/c27-23-8-5-19(6-9-23)13-20-7-10-24(28-14-20)25-17-30(11-12-32-25)26(31)18-29-15-21-3-1-2-4-22(21)16-29/h1-10,14,25H,11-13,15-18H2/t25-/m1/s1. The number of pyridine rings is 1. The van der Waals surface area contributed by atoms with Crippen LogP contribution in [-0.4, -0.2) is 46.9 Å². The van der Waals surface area contributed by atoms with Crippen molar-refractivity contribution < 1.29 is 13.9 Å². The summed E-state index contributed by atoms with van der Waals surface area (Å²) in [7, 11) is 0. The topological polar surface area (TPSA) is 45.7 Å². The lowest BCUT2D eigenvalue weighted by Crippen LogP contribution is -2.46. The van der Waals surface area contributed by atoms with Crippen LogP contribution in [0.15, 0.2) is 66.9 Å². The second-order valence-electron chi connectivity index (χ2n) is 8.51. The number of aromatic nitrogens is 1. The van der Waals surface area contributed by atoms with Crippen molar-refractivity contribution in [2.45, 2.75) is 25.6 Å². The molecular formula is C26H26FN3O2. The monoisotopic (exact) mass is 431 g/mol. The molecule has 164 valence electrons. The Labute approximate surface area is 187 Å². The number of ether oxygens (including phenoxy) is 1. The largest absolute Gasteiger partial charge is 0.368 e. The minimum absolute atomic E-state index is 0.138. The molecule has 0 radical (unpaired) electrons. The fourth-order valence-corrected chi connectivity index (χ4v) is 4.43. The van der Waals surface area contributed by atoms with E-state index < -0.39 is 0 Å². The highest BCUT2D eigenvalue weighted by atomic mass is 19.1. The molecule has 3 aromatic rings. The van der Waals surface area contributed by atoms with Gasteiger partial charge in [-0.3, -0.25) is 14.7 Å². The normalized spacial score (nSPS) is 18.5. The van der Waals surface area contributed by atoms with Crippen LogP contribution in [0.2, 0.25) is 0 Å². The molecular weight excluding hydrogens is 405 g/mol. The van der Waals surface area contributed by atoms with Crippen molar-refractivity contribution in [3.8, 4) is 0 Å². The van der Waals surface area contributed by atoms with E-state index in [-0.39, 0.29) is 17.8 Å². The molecule has 2 aliphatic heterocycles. The highest BCUT2D eigenvalue weighted by Crippen LogP contribution is 2.24. The van der Waals surface area contributed by atoms with Gasteiger partial charge in [0, 0.05) is 25.8 Å². The van der Waals surface area contributed by atoms with Gasteiger partial charge in [0.1, 0.15) is 11.9 Å². The van der Waals surface area contributed by atoms with Gasteiger partial charge < -0.3 is 9.64 Å². The van der Waals surface area contributed by atoms with Gasteiger partial charge in [-0.2, -0.15) is 0 Å². The summed E-state index contributed by atoms with van der Waals surface area (Å²) >= 11 is 0. The molecule has 1 fully saturated rings. The summed E-state index contributed by atoms with van der Waals surface area (Å²) in [6.07, 6.45) is 2.31. The number of morpholine rings is 1. The van der Waals surface area contributed by atoms with E-state index in [1.54, 1.807) is 12.1 Å². The summed E-state index contributed by atoms with van der Waals surface area (Å²) in [5.41, 5.74) is 5.54. The molecule has 0 aliphatic carbocycles. The Morgan fingerprint density at radius 1 is 1.00 bits per heavy atom. The SMILES string of the molecule is O=C(CN1Cc2ccccc2C1)N1CCO[C@@H](c2ccc(Cc3ccc(F)cc3)cn2)C1. The summed E-state index contributed by atoms with van der Waals surface area (Å²) in [5, 5.41) is 0. The maximum absolute atomic E-state index is 13.1. The lowest BCUT2D eigenvalue weighted by atomic mass is 10.1. The first-order valence-corrected chi connectivity index (χ1v) is 11.0. The third kappa shape index (κ3) is 4.71. The Morgan fingerprint density at radius 2 is 1.72 bits per heavy atom. The Balaban J connectivity index is 1.17. The lowest BCUT2D eigenvalue weighted by molar-refractivity contribution is -0.140. The summed E-state index contributed by atoms with van der Waals surface area (Å²) in [4.78, 5) is 21.6. The minimum atomic E-state index is -0.231. The highest BCUT2D eigenvalue weighted by Gasteiger charge is 2.28. The number of carbonyl (C=O) groups excluding carboxylic acids is 1. The molecule has 0 unspecified atom stereocenters. The molecule has 3 heterocycles. The maximum atomic E-state index is 13.1. The van der Waals surface area contributed by atoms with E-state index in [1.165, 1.54) is 23.3 Å². The van der Waals surface area contributed by atoms with Crippen LogP contribution < -0.4 is 0 Å². The van der Waals surface area contributed by atoms with Gasteiger partial charge in [-0.05, 0) is 46.9 Å². The van der Waals surface area contributed by atoms with Gasteiger partial charge in [0.05, 0.1) is 25.4 Å². The Bertz CT molecular complexity index is 1060. The van der Waals surface area contributed by atoms with E-state index in [4.69, 9.17) is 4.74 Å². The fourth-order valence-electron chi connectivity index (χ4n) is 4.43. The van der Waals surface area contributed by atoms with E-state index >= 15 is 0 Å². The van der Waals surface area contributed by atoms with Gasteiger partial charge in [-0.25, -0.2) is 4.39 Å². The minimum Gasteiger partial charge on any atom is -0.368 e. The third-order valence-electron chi connectivity index (χ3n) is 6.18. The summed E-state index contributed by atoms with van der Waals surface area (Å²) in [5.74, 6) is -0.0934. The molecule has 2 aromatic carbocycles. The molecule has 6 heteroatoms. The van der Waals surface area contributed by atoms with Crippen LogP contribution in [0, 0.1) is 5.82 Å². The third-order valence-corrected chi connectivity index (χ3v) is 6.18. The molecule has 32 heavy (non-hydrogen) atoms. The number of benzene rings is 2. The molecule has 0 N–H and O–H groups in total. The zero-order chi connectivity index (χ0) is 21.9. The second kappa shape index (κ2) is 9.18. The smallest absolute Gasteiger partial charge is 0.236 e. The molecule has 5 nitrogen and oxygen atoms in total. The van der Waals surface area contributed by atoms with Crippen LogP contribution in [-0.2, 0) is 29.0 Å². The average molecular weight is 432 g/mol. The molecule has 5 rings (SSSR count). The van der Waals surface area contributed by atoms with Crippen molar-refractivity contribution in [2.24, 2.45) is 0 Å². The molecule has 2 aliphatic rings. The molecule has 1 amide bonds. The van der Waals surface area contributed by atoms with Gasteiger partial charge in [0.15, 0.2) is 0 Å². The molecule has 0 spiro atoms. The average Bonchev–Trinajstić information content (AvgIpc) is 3.23. The van der Waals surface area contributed by atoms with Crippen LogP contribution >= 0.6 is 0 Å². The van der Waals surface area contributed by atoms with Crippen LogP contribution in [0.4, 0.5) is 4.39 Å². The number of amides is 1. The van der Waals surface area contributed by atoms with Gasteiger partial charge in [-0.1, -0.05) is 42.5 Å². The zero-order valence-corrected chi connectivity index (χ0v) is 17.9. The summed E-state index contributed by atoms with van der Waals surface area (Å²) < 4.78 is 19.0. The van der Waals surface area contributed by atoms with E-state index in [1.807, 2.05) is 23.2 Å². The number of halogens is 1. The Morgan fingerprint density at radius 3 is 2.41 bits per heavy atom. The zero-order valence-electron chi connectivity index (χ0n) is 17.9. The fraction of sp³-hybridized carbons (Fsp3) is 0.308. The van der Waals surface area contributed by atoms with Crippen molar-refractivity contribution in [1.82, 2.24) is 14.8 Å². The summed E-state index contributed by atoms with van der Waals surface area (Å²) in [6, 6.07) is 18.9. The van der Waals surface area contributed by atoms with Crippen molar-refractivity contribution in [3.63, 3.8) is 0 Å². The van der Waals surface area contributed by atoms with Gasteiger partial charge in [-0.15, -0.1) is 0 Å². The first-order chi connectivity index (χ1) is 15.6. The first kappa shape index (κ1) is 20.8. The number of hydrogen-bond donors (Lipinski definition) is 0. The number of hydrogen-bond acceptors (Lipinski definition) is 4. The van der Waals surface area contributed by atoms with Gasteiger partial charge >= 0.3 is 0 Å². The molecule has 1 saturated heterocycles. The molecule has 1 aromatic heterocycles. The van der Waals surface area contributed by atoms with Gasteiger partial charge in [0.2, 0.25) is 5.91 Å². The van der Waals surface area contributed by atoms with E-state index in [9.17, 15) is 9.18 Å². The second-order valence-corrected chi connectivity index (χ2v) is 8.51. The lowest BCUT2D eigenvalue weighted by Gasteiger charge is -2.33. The quantitative estimate of drug-likeness (QED) is 0.618. The predicted molar refractivity (Wildman–Crippen MR) is 119 cm³/mol. The van der Waals surface area contributed by atoms with Crippen LogP contribution in [0.25, 0.3) is 0 Å². The number of fused-ring (bicyclic) bond motifs is 1. The predicted octanol–water partition coefficient (Wildman–Crippen LogP) is 3.73. The Kier molecular flexibility index (Phi) is 5.97. The van der Waals surface area contributed by atoms with Crippen molar-refractivity contribution >= 4 is 5.91 Å². The summed E-state index contributed by atoms with van der Waals surface area (Å²) in [6.45, 7) is 3.71. The first-order valence-electron chi connectivity index (χ1n) is 11.0. The highest BCUT2D eigenvalue weighted by molar-refractivity contribution is 5.78. The van der Waals surface area contributed by atoms with E-state index in [0.29, 0.717) is 32.7 Å². The number of rotatable bonds is 5. The van der Waals surface area contributed by atoms with Crippen LogP contribution in [0.3, 0.4) is 0 Å². The van der Waals surface area contributed by atoms with Crippen molar-refractivity contribution in [2.75, 3.05) is 26.2 Å². The van der Waals surface area contributed by atoms with Gasteiger partial charge in [0.25, 0.3) is 0 Å². The Hall–Kier alpha value is -3.09. The number of nitrogens with zero attached hydrogens (tertiary/aromatic N) is 3. The van der Waals surface area contributed by atoms with Crippen molar-refractivity contribution in [1.29, 1.82) is 0 Å². The maximum Gasteiger partial charge on any atom is 0.236 e. The van der Waals surface area contributed by atoms with E-state index in [0.717, 1.165) is 29.9 Å². The molecule has 0 bridgehead atoms. The van der Waals surface area contributed by atoms with Crippen LogP contribution in [0.5, 0.6) is 0 Å². The molecule has 1 atom stereocenters. The number of carbonyl (C=O) groups is 1. The molecule has 0 saturated carbocycles. The van der Waals surface area contributed by atoms with Crippen LogP contribution in [0.1, 0.15) is 34.1 Å². The van der Waals surface area contributed by atoms with Crippen molar-refractivity contribution in [3.05, 3.63) is 101 Å². The van der Waals surface area contributed by atoms with E-state index in [2.05, 4.69) is 34.1 Å².